The molecule has 6 nitrogen and oxygen atoms in total. The van der Waals surface area contributed by atoms with Crippen molar-refractivity contribution in [2.24, 2.45) is 5.84 Å². The van der Waals surface area contributed by atoms with Crippen LogP contribution >= 0.6 is 11.8 Å². The Morgan fingerprint density at radius 2 is 1.93 bits per heavy atom. The highest BCUT2D eigenvalue weighted by molar-refractivity contribution is 7.99. The van der Waals surface area contributed by atoms with Crippen LogP contribution in [-0.2, 0) is 0 Å². The number of rotatable bonds is 5. The first-order chi connectivity index (χ1) is 13.7. The number of amides is 1. The fourth-order valence-corrected chi connectivity index (χ4v) is 3.78. The van der Waals surface area contributed by atoms with E-state index in [2.05, 4.69) is 20.6 Å². The summed E-state index contributed by atoms with van der Waals surface area (Å²) >= 11 is 1.50. The number of pyridine rings is 1. The van der Waals surface area contributed by atoms with E-state index in [1.165, 1.54) is 11.8 Å². The lowest BCUT2D eigenvalue weighted by Crippen LogP contribution is -2.30. The summed E-state index contributed by atoms with van der Waals surface area (Å²) in [5.74, 6) is 4.97. The van der Waals surface area contributed by atoms with Crippen LogP contribution in [0.2, 0.25) is 0 Å². The van der Waals surface area contributed by atoms with Crippen molar-refractivity contribution < 1.29 is 4.79 Å². The molecule has 0 saturated heterocycles. The van der Waals surface area contributed by atoms with Crippen LogP contribution in [0.4, 0.5) is 0 Å². The predicted octanol–water partition coefficient (Wildman–Crippen LogP) is 3.88. The molecule has 0 bridgehead atoms. The normalized spacial score (nSPS) is 11.2. The fourth-order valence-electron chi connectivity index (χ4n) is 2.80. The number of fused-ring (bicyclic) bond motifs is 1. The first-order valence-electron chi connectivity index (χ1n) is 8.59. The molecule has 138 valence electrons. The molecule has 0 saturated carbocycles. The number of carbonyl (C=O) groups is 1. The minimum atomic E-state index is -0.312. The lowest BCUT2D eigenvalue weighted by Gasteiger charge is -2.07. The predicted molar refractivity (Wildman–Crippen MR) is 111 cm³/mol. The summed E-state index contributed by atoms with van der Waals surface area (Å²) in [5, 5.41) is 8.47. The van der Waals surface area contributed by atoms with Crippen LogP contribution in [0.15, 0.2) is 76.7 Å². The quantitative estimate of drug-likeness (QED) is 0.274. The van der Waals surface area contributed by atoms with E-state index in [0.717, 1.165) is 32.1 Å². The number of H-pyrrole nitrogens is 1. The molecule has 2 aromatic carbocycles. The molecule has 28 heavy (non-hydrogen) atoms. The summed E-state index contributed by atoms with van der Waals surface area (Å²) in [6, 6.07) is 19.2. The lowest BCUT2D eigenvalue weighted by atomic mass is 10.2. The van der Waals surface area contributed by atoms with E-state index < -0.39 is 0 Å². The number of carbonyl (C=O) groups excluding carboxylic acids is 1. The molecule has 0 spiro atoms. The van der Waals surface area contributed by atoms with E-state index in [4.69, 9.17) is 5.84 Å². The Labute approximate surface area is 165 Å². The van der Waals surface area contributed by atoms with Gasteiger partial charge in [-0.3, -0.25) is 20.3 Å². The Kier molecular flexibility index (Phi) is 5.18. The van der Waals surface area contributed by atoms with Crippen molar-refractivity contribution in [3.05, 3.63) is 83.8 Å². The number of nitrogen functional groups attached to an aromatic ring is 1. The second-order valence-corrected chi connectivity index (χ2v) is 7.09. The number of aromatic amines is 1. The molecular formula is C21H17N5OS. The summed E-state index contributed by atoms with van der Waals surface area (Å²) < 4.78 is 0. The standard InChI is InChI=1S/C21H17N5OS/c22-24-21(27)17-6-1-2-7-20(17)28-15-9-10-16-18(25-26-19(16)13-15)11-8-14-5-3-4-12-23-14/h1-13H,22H2,(H,24,27)(H,25,26)/b11-8+. The minimum absolute atomic E-state index is 0.312. The molecule has 7 heteroatoms. The van der Waals surface area contributed by atoms with Gasteiger partial charge in [-0.2, -0.15) is 5.10 Å². The van der Waals surface area contributed by atoms with Crippen LogP contribution < -0.4 is 11.3 Å². The molecule has 4 aromatic rings. The van der Waals surface area contributed by atoms with Gasteiger partial charge in [-0.05, 0) is 54.6 Å². The van der Waals surface area contributed by atoms with Crippen LogP contribution in [0.1, 0.15) is 21.7 Å². The molecule has 0 aliphatic heterocycles. The van der Waals surface area contributed by atoms with E-state index in [0.29, 0.717) is 5.56 Å². The van der Waals surface area contributed by atoms with Gasteiger partial charge in [-0.1, -0.05) is 30.0 Å². The van der Waals surface area contributed by atoms with Crippen LogP contribution in [0.3, 0.4) is 0 Å². The van der Waals surface area contributed by atoms with Gasteiger partial charge in [-0.15, -0.1) is 0 Å². The van der Waals surface area contributed by atoms with Crippen molar-refractivity contribution in [1.82, 2.24) is 20.6 Å². The summed E-state index contributed by atoms with van der Waals surface area (Å²) in [5.41, 5.74) is 5.37. The highest BCUT2D eigenvalue weighted by Crippen LogP contribution is 2.32. The van der Waals surface area contributed by atoms with E-state index in [1.807, 2.05) is 66.7 Å². The molecule has 0 radical (unpaired) electrons. The van der Waals surface area contributed by atoms with E-state index in [-0.39, 0.29) is 5.91 Å². The largest absolute Gasteiger partial charge is 0.290 e. The highest BCUT2D eigenvalue weighted by atomic mass is 32.2. The van der Waals surface area contributed by atoms with Gasteiger partial charge >= 0.3 is 0 Å². The second kappa shape index (κ2) is 8.08. The zero-order chi connectivity index (χ0) is 19.3. The minimum Gasteiger partial charge on any atom is -0.290 e. The molecule has 1 amide bonds. The van der Waals surface area contributed by atoms with Crippen molar-refractivity contribution in [3.63, 3.8) is 0 Å². The summed E-state index contributed by atoms with van der Waals surface area (Å²) in [6.45, 7) is 0. The third-order valence-electron chi connectivity index (χ3n) is 4.15. The van der Waals surface area contributed by atoms with Crippen molar-refractivity contribution in [1.29, 1.82) is 0 Å². The van der Waals surface area contributed by atoms with Gasteiger partial charge in [0.2, 0.25) is 0 Å². The molecule has 0 aliphatic rings. The second-order valence-electron chi connectivity index (χ2n) is 5.98. The number of nitrogens with zero attached hydrogens (tertiary/aromatic N) is 2. The highest BCUT2D eigenvalue weighted by Gasteiger charge is 2.11. The molecule has 0 atom stereocenters. The van der Waals surface area contributed by atoms with Gasteiger partial charge in [0.1, 0.15) is 0 Å². The average molecular weight is 387 g/mol. The van der Waals surface area contributed by atoms with Crippen molar-refractivity contribution in [3.8, 4) is 0 Å². The lowest BCUT2D eigenvalue weighted by molar-refractivity contribution is 0.0950. The number of nitrogens with one attached hydrogen (secondary N) is 2. The monoisotopic (exact) mass is 387 g/mol. The van der Waals surface area contributed by atoms with Gasteiger partial charge in [0.25, 0.3) is 5.91 Å². The summed E-state index contributed by atoms with van der Waals surface area (Å²) in [4.78, 5) is 18.1. The SMILES string of the molecule is NNC(=O)c1ccccc1Sc1ccc2c(/C=C/c3ccccn3)n[nH]c2c1. The maximum atomic E-state index is 12.0. The smallest absolute Gasteiger partial charge is 0.266 e. The topological polar surface area (TPSA) is 96.7 Å². The molecule has 2 heterocycles. The van der Waals surface area contributed by atoms with Crippen LogP contribution in [0, 0.1) is 0 Å². The van der Waals surface area contributed by atoms with Crippen LogP contribution in [0.5, 0.6) is 0 Å². The molecule has 2 aromatic heterocycles. The van der Waals surface area contributed by atoms with Gasteiger partial charge in [0, 0.05) is 21.4 Å². The van der Waals surface area contributed by atoms with Gasteiger partial charge in [-0.25, -0.2) is 5.84 Å². The first kappa shape index (κ1) is 18.0. The van der Waals surface area contributed by atoms with Gasteiger partial charge in [0.15, 0.2) is 0 Å². The average Bonchev–Trinajstić information content (AvgIpc) is 3.15. The maximum absolute atomic E-state index is 12.0. The first-order valence-corrected chi connectivity index (χ1v) is 9.41. The Bertz CT molecular complexity index is 1150. The van der Waals surface area contributed by atoms with E-state index >= 15 is 0 Å². The molecule has 4 N–H and O–H groups in total. The summed E-state index contributed by atoms with van der Waals surface area (Å²) in [6.07, 6.45) is 5.63. The number of aromatic nitrogens is 3. The zero-order valence-electron chi connectivity index (χ0n) is 14.8. The molecule has 4 rings (SSSR count). The molecular weight excluding hydrogens is 370 g/mol. The van der Waals surface area contributed by atoms with E-state index in [1.54, 1.807) is 12.3 Å². The molecule has 0 fully saturated rings. The van der Waals surface area contributed by atoms with Crippen molar-refractivity contribution in [2.75, 3.05) is 0 Å². The number of benzene rings is 2. The summed E-state index contributed by atoms with van der Waals surface area (Å²) in [7, 11) is 0. The Balaban J connectivity index is 1.60. The fraction of sp³-hybridized carbons (Fsp3) is 0. The Hall–Kier alpha value is -3.42. The van der Waals surface area contributed by atoms with Crippen molar-refractivity contribution in [2.45, 2.75) is 9.79 Å². The number of hydrogen-bond acceptors (Lipinski definition) is 5. The third-order valence-corrected chi connectivity index (χ3v) is 5.22. The molecule has 0 aliphatic carbocycles. The van der Waals surface area contributed by atoms with Gasteiger partial charge < -0.3 is 0 Å². The zero-order valence-corrected chi connectivity index (χ0v) is 15.6. The number of hydrazine groups is 1. The third kappa shape index (κ3) is 3.80. The van der Waals surface area contributed by atoms with Crippen LogP contribution in [-0.4, -0.2) is 21.1 Å². The van der Waals surface area contributed by atoms with Crippen LogP contribution in [0.25, 0.3) is 23.1 Å². The van der Waals surface area contributed by atoms with Crippen molar-refractivity contribution >= 4 is 40.7 Å². The number of hydrogen-bond donors (Lipinski definition) is 3. The Morgan fingerprint density at radius 3 is 2.75 bits per heavy atom. The maximum Gasteiger partial charge on any atom is 0.266 e. The van der Waals surface area contributed by atoms with E-state index in [9.17, 15) is 4.79 Å². The Morgan fingerprint density at radius 1 is 1.07 bits per heavy atom. The van der Waals surface area contributed by atoms with Gasteiger partial charge in [0.05, 0.1) is 22.5 Å². The molecule has 0 unspecified atom stereocenters. The number of nitrogens with two attached hydrogens (primary N) is 1.